The molecule has 1 N–H and O–H groups in total. The van der Waals surface area contributed by atoms with Gasteiger partial charge in [-0.15, -0.1) is 11.3 Å². The molecule has 0 spiro atoms. The third kappa shape index (κ3) is 3.63. The SMILES string of the molecule is Clc1ccc(CCNCc2ccccc2)s1. The van der Waals surface area contributed by atoms with Crippen molar-refractivity contribution in [2.75, 3.05) is 6.54 Å². The number of rotatable bonds is 5. The van der Waals surface area contributed by atoms with Crippen molar-refractivity contribution in [1.82, 2.24) is 5.32 Å². The van der Waals surface area contributed by atoms with Crippen LogP contribution in [0.2, 0.25) is 4.34 Å². The van der Waals surface area contributed by atoms with Gasteiger partial charge in [-0.05, 0) is 24.1 Å². The Morgan fingerprint density at radius 2 is 1.88 bits per heavy atom. The van der Waals surface area contributed by atoms with Crippen molar-refractivity contribution in [1.29, 1.82) is 0 Å². The van der Waals surface area contributed by atoms with Crippen molar-refractivity contribution >= 4 is 22.9 Å². The van der Waals surface area contributed by atoms with Crippen LogP contribution < -0.4 is 5.32 Å². The van der Waals surface area contributed by atoms with Crippen molar-refractivity contribution in [3.05, 3.63) is 57.2 Å². The maximum Gasteiger partial charge on any atom is 0.0931 e. The van der Waals surface area contributed by atoms with Crippen LogP contribution in [0.1, 0.15) is 10.4 Å². The van der Waals surface area contributed by atoms with E-state index in [0.29, 0.717) is 0 Å². The van der Waals surface area contributed by atoms with E-state index in [1.54, 1.807) is 11.3 Å². The zero-order valence-electron chi connectivity index (χ0n) is 8.95. The maximum atomic E-state index is 5.87. The molecule has 2 aromatic rings. The lowest BCUT2D eigenvalue weighted by Gasteiger charge is -2.03. The lowest BCUT2D eigenvalue weighted by molar-refractivity contribution is 0.691. The highest BCUT2D eigenvalue weighted by Gasteiger charge is 1.97. The molecule has 84 valence electrons. The zero-order chi connectivity index (χ0) is 11.2. The lowest BCUT2D eigenvalue weighted by atomic mass is 10.2. The van der Waals surface area contributed by atoms with Crippen molar-refractivity contribution in [3.63, 3.8) is 0 Å². The van der Waals surface area contributed by atoms with E-state index in [9.17, 15) is 0 Å². The van der Waals surface area contributed by atoms with E-state index in [-0.39, 0.29) is 0 Å². The van der Waals surface area contributed by atoms with Gasteiger partial charge in [0.2, 0.25) is 0 Å². The molecule has 1 aromatic heterocycles. The van der Waals surface area contributed by atoms with Crippen molar-refractivity contribution < 1.29 is 0 Å². The van der Waals surface area contributed by atoms with E-state index in [2.05, 4.69) is 35.6 Å². The standard InChI is InChI=1S/C13H14ClNS/c14-13-7-6-12(16-13)8-9-15-10-11-4-2-1-3-5-11/h1-7,15H,8-10H2. The van der Waals surface area contributed by atoms with Crippen LogP contribution >= 0.6 is 22.9 Å². The number of thiophene rings is 1. The molecular formula is C13H14ClNS. The summed E-state index contributed by atoms with van der Waals surface area (Å²) in [5.41, 5.74) is 1.33. The smallest absolute Gasteiger partial charge is 0.0931 e. The fraction of sp³-hybridized carbons (Fsp3) is 0.231. The molecule has 0 saturated carbocycles. The van der Waals surface area contributed by atoms with E-state index in [1.807, 2.05) is 12.1 Å². The fourth-order valence-corrected chi connectivity index (χ4v) is 2.61. The van der Waals surface area contributed by atoms with Crippen LogP contribution in [-0.2, 0) is 13.0 Å². The monoisotopic (exact) mass is 251 g/mol. The molecule has 1 aromatic carbocycles. The summed E-state index contributed by atoms with van der Waals surface area (Å²) in [6, 6.07) is 14.5. The summed E-state index contributed by atoms with van der Waals surface area (Å²) < 4.78 is 0.873. The van der Waals surface area contributed by atoms with Gasteiger partial charge in [0.05, 0.1) is 4.34 Å². The molecule has 16 heavy (non-hydrogen) atoms. The molecule has 0 bridgehead atoms. The first-order valence-electron chi connectivity index (χ1n) is 5.33. The van der Waals surface area contributed by atoms with Gasteiger partial charge in [0.25, 0.3) is 0 Å². The van der Waals surface area contributed by atoms with Crippen LogP contribution in [0.25, 0.3) is 0 Å². The van der Waals surface area contributed by atoms with Gasteiger partial charge in [-0.1, -0.05) is 41.9 Å². The van der Waals surface area contributed by atoms with Crippen LogP contribution in [0.3, 0.4) is 0 Å². The summed E-state index contributed by atoms with van der Waals surface area (Å²) in [6.07, 6.45) is 1.05. The van der Waals surface area contributed by atoms with Crippen LogP contribution in [0.15, 0.2) is 42.5 Å². The maximum absolute atomic E-state index is 5.87. The summed E-state index contributed by atoms with van der Waals surface area (Å²) in [4.78, 5) is 1.34. The predicted molar refractivity (Wildman–Crippen MR) is 71.2 cm³/mol. The predicted octanol–water partition coefficient (Wildman–Crippen LogP) is 3.73. The minimum atomic E-state index is 0.873. The Labute approximate surface area is 105 Å². The largest absolute Gasteiger partial charge is 0.312 e. The van der Waals surface area contributed by atoms with Gasteiger partial charge in [-0.25, -0.2) is 0 Å². The van der Waals surface area contributed by atoms with Crippen LogP contribution in [0, 0.1) is 0 Å². The van der Waals surface area contributed by atoms with Gasteiger partial charge >= 0.3 is 0 Å². The van der Waals surface area contributed by atoms with Crippen LogP contribution in [0.5, 0.6) is 0 Å². The summed E-state index contributed by atoms with van der Waals surface area (Å²) >= 11 is 7.53. The van der Waals surface area contributed by atoms with E-state index in [1.165, 1.54) is 10.4 Å². The molecule has 0 aliphatic rings. The van der Waals surface area contributed by atoms with Gasteiger partial charge in [0, 0.05) is 18.0 Å². The number of halogens is 1. The highest BCUT2D eigenvalue weighted by Crippen LogP contribution is 2.21. The molecule has 1 nitrogen and oxygen atoms in total. The third-order valence-corrected chi connectivity index (χ3v) is 3.64. The van der Waals surface area contributed by atoms with Crippen molar-refractivity contribution in [2.24, 2.45) is 0 Å². The zero-order valence-corrected chi connectivity index (χ0v) is 10.5. The lowest BCUT2D eigenvalue weighted by Crippen LogP contribution is -2.16. The molecule has 0 fully saturated rings. The second-order valence-electron chi connectivity index (χ2n) is 3.62. The number of hydrogen-bond donors (Lipinski definition) is 1. The first-order valence-corrected chi connectivity index (χ1v) is 6.53. The Morgan fingerprint density at radius 1 is 1.06 bits per heavy atom. The quantitative estimate of drug-likeness (QED) is 0.799. The van der Waals surface area contributed by atoms with E-state index >= 15 is 0 Å². The highest BCUT2D eigenvalue weighted by molar-refractivity contribution is 7.16. The normalized spacial score (nSPS) is 10.6. The Kier molecular flexibility index (Phi) is 4.40. The minimum absolute atomic E-state index is 0.873. The first kappa shape index (κ1) is 11.6. The fourth-order valence-electron chi connectivity index (χ4n) is 1.53. The summed E-state index contributed by atoms with van der Waals surface area (Å²) in [5.74, 6) is 0. The molecule has 0 aliphatic carbocycles. The second-order valence-corrected chi connectivity index (χ2v) is 5.42. The van der Waals surface area contributed by atoms with Crippen LogP contribution in [-0.4, -0.2) is 6.54 Å². The van der Waals surface area contributed by atoms with Crippen LogP contribution in [0.4, 0.5) is 0 Å². The first-order chi connectivity index (χ1) is 7.84. The van der Waals surface area contributed by atoms with E-state index < -0.39 is 0 Å². The number of nitrogens with one attached hydrogen (secondary N) is 1. The Hall–Kier alpha value is -0.830. The Morgan fingerprint density at radius 3 is 2.56 bits per heavy atom. The second kappa shape index (κ2) is 6.04. The molecule has 0 radical (unpaired) electrons. The Bertz CT molecular complexity index is 425. The molecule has 1 heterocycles. The van der Waals surface area contributed by atoms with Gasteiger partial charge in [0.1, 0.15) is 0 Å². The molecular weight excluding hydrogens is 238 g/mol. The van der Waals surface area contributed by atoms with Gasteiger partial charge in [0.15, 0.2) is 0 Å². The topological polar surface area (TPSA) is 12.0 Å². The highest BCUT2D eigenvalue weighted by atomic mass is 35.5. The molecule has 0 unspecified atom stereocenters. The minimum Gasteiger partial charge on any atom is -0.312 e. The molecule has 0 saturated heterocycles. The van der Waals surface area contributed by atoms with Gasteiger partial charge in [-0.3, -0.25) is 0 Å². The average Bonchev–Trinajstić information content (AvgIpc) is 2.72. The number of hydrogen-bond acceptors (Lipinski definition) is 2. The Balaban J connectivity index is 1.69. The van der Waals surface area contributed by atoms with Crippen molar-refractivity contribution in [3.8, 4) is 0 Å². The molecule has 2 rings (SSSR count). The van der Waals surface area contributed by atoms with E-state index in [0.717, 1.165) is 23.8 Å². The molecule has 0 atom stereocenters. The molecule has 0 amide bonds. The molecule has 0 aliphatic heterocycles. The molecule has 3 heteroatoms. The average molecular weight is 252 g/mol. The van der Waals surface area contributed by atoms with Crippen molar-refractivity contribution in [2.45, 2.75) is 13.0 Å². The third-order valence-electron chi connectivity index (χ3n) is 2.35. The van der Waals surface area contributed by atoms with Gasteiger partial charge in [-0.2, -0.15) is 0 Å². The van der Waals surface area contributed by atoms with E-state index in [4.69, 9.17) is 11.6 Å². The summed E-state index contributed by atoms with van der Waals surface area (Å²) in [6.45, 7) is 1.92. The summed E-state index contributed by atoms with van der Waals surface area (Å²) in [5, 5.41) is 3.42. The summed E-state index contributed by atoms with van der Waals surface area (Å²) in [7, 11) is 0. The number of benzene rings is 1. The van der Waals surface area contributed by atoms with Gasteiger partial charge < -0.3 is 5.32 Å².